The van der Waals surface area contributed by atoms with E-state index in [1.807, 2.05) is 26.8 Å². The lowest BCUT2D eigenvalue weighted by Gasteiger charge is -2.44. The molecule has 1 aliphatic heterocycles. The molecule has 0 bridgehead atoms. The first-order valence-corrected chi connectivity index (χ1v) is 12.2. The predicted molar refractivity (Wildman–Crippen MR) is 125 cm³/mol. The van der Waals surface area contributed by atoms with Crippen LogP contribution < -0.4 is 5.32 Å². The molecule has 1 saturated carbocycles. The molecular formula is C26H35FN4O2. The number of amides is 2. The fraction of sp³-hybridized carbons (Fsp3) is 0.577. The minimum absolute atomic E-state index is 0.117. The normalized spacial score (nSPS) is 22.1. The van der Waals surface area contributed by atoms with Crippen molar-refractivity contribution < 1.29 is 14.0 Å². The summed E-state index contributed by atoms with van der Waals surface area (Å²) < 4.78 is 15.6. The van der Waals surface area contributed by atoms with Crippen LogP contribution in [0.25, 0.3) is 0 Å². The second kappa shape index (κ2) is 9.65. The van der Waals surface area contributed by atoms with E-state index in [1.54, 1.807) is 21.7 Å². The van der Waals surface area contributed by atoms with Crippen molar-refractivity contribution in [2.75, 3.05) is 0 Å². The molecule has 1 aromatic carbocycles. The van der Waals surface area contributed by atoms with Crippen molar-refractivity contribution in [2.45, 2.75) is 96.3 Å². The van der Waals surface area contributed by atoms with Crippen LogP contribution in [0.4, 0.5) is 4.39 Å². The van der Waals surface area contributed by atoms with Crippen LogP contribution in [-0.2, 0) is 17.9 Å². The summed E-state index contributed by atoms with van der Waals surface area (Å²) in [5.74, 6) is -0.599. The maximum Gasteiger partial charge on any atom is 0.273 e. The Kier molecular flexibility index (Phi) is 6.86. The highest BCUT2D eigenvalue weighted by Gasteiger charge is 2.48. The average molecular weight is 455 g/mol. The van der Waals surface area contributed by atoms with Crippen molar-refractivity contribution in [1.29, 1.82) is 0 Å². The molecule has 1 N–H and O–H groups in total. The summed E-state index contributed by atoms with van der Waals surface area (Å²) in [5.41, 5.74) is 0.837. The smallest absolute Gasteiger partial charge is 0.273 e. The summed E-state index contributed by atoms with van der Waals surface area (Å²) in [5, 5.41) is 7.89. The Morgan fingerprint density at radius 2 is 1.88 bits per heavy atom. The van der Waals surface area contributed by atoms with E-state index in [1.165, 1.54) is 31.4 Å². The van der Waals surface area contributed by atoms with Gasteiger partial charge in [-0.05, 0) is 49.4 Å². The lowest BCUT2D eigenvalue weighted by molar-refractivity contribution is -0.134. The van der Waals surface area contributed by atoms with E-state index in [2.05, 4.69) is 10.4 Å². The number of benzene rings is 1. The van der Waals surface area contributed by atoms with E-state index < -0.39 is 5.54 Å². The van der Waals surface area contributed by atoms with Crippen LogP contribution in [0.5, 0.6) is 0 Å². The van der Waals surface area contributed by atoms with Gasteiger partial charge in [-0.15, -0.1) is 0 Å². The van der Waals surface area contributed by atoms with Crippen LogP contribution in [-0.4, -0.2) is 38.1 Å². The second-order valence-corrected chi connectivity index (χ2v) is 10.1. The number of carbonyl (C=O) groups excluding carboxylic acids is 2. The van der Waals surface area contributed by atoms with Gasteiger partial charge in [0.15, 0.2) is 0 Å². The molecule has 1 atom stereocenters. The Labute approximate surface area is 195 Å². The SMILES string of the molecule is CC(C)c1cc2n(n1)C[C@@](C)(C(=O)NC1CCCCCCC1)N(Cc1cccc(F)c1)C2=O. The molecule has 1 aromatic heterocycles. The maximum absolute atomic E-state index is 13.9. The van der Waals surface area contributed by atoms with Gasteiger partial charge in [-0.1, -0.05) is 58.1 Å². The van der Waals surface area contributed by atoms with E-state index in [4.69, 9.17) is 0 Å². The minimum atomic E-state index is -1.13. The topological polar surface area (TPSA) is 67.2 Å². The Morgan fingerprint density at radius 3 is 2.55 bits per heavy atom. The number of aromatic nitrogens is 2. The lowest BCUT2D eigenvalue weighted by atomic mass is 9.91. The number of carbonyl (C=O) groups is 2. The first-order valence-electron chi connectivity index (χ1n) is 12.2. The molecule has 6 nitrogen and oxygen atoms in total. The van der Waals surface area contributed by atoms with Gasteiger partial charge in [-0.25, -0.2) is 4.39 Å². The largest absolute Gasteiger partial charge is 0.351 e. The van der Waals surface area contributed by atoms with E-state index >= 15 is 0 Å². The van der Waals surface area contributed by atoms with Crippen molar-refractivity contribution in [3.8, 4) is 0 Å². The van der Waals surface area contributed by atoms with Crippen molar-refractivity contribution >= 4 is 11.8 Å². The third-order valence-corrected chi connectivity index (χ3v) is 7.07. The number of fused-ring (bicyclic) bond motifs is 1. The monoisotopic (exact) mass is 454 g/mol. The highest BCUT2D eigenvalue weighted by atomic mass is 19.1. The Hall–Kier alpha value is -2.70. The van der Waals surface area contributed by atoms with Crippen molar-refractivity contribution in [3.05, 3.63) is 53.1 Å². The van der Waals surface area contributed by atoms with Gasteiger partial charge in [0.25, 0.3) is 5.91 Å². The number of hydrogen-bond acceptors (Lipinski definition) is 3. The summed E-state index contributed by atoms with van der Waals surface area (Å²) in [6.07, 6.45) is 7.79. The fourth-order valence-electron chi connectivity index (χ4n) is 4.95. The van der Waals surface area contributed by atoms with Crippen molar-refractivity contribution in [3.63, 3.8) is 0 Å². The van der Waals surface area contributed by atoms with Gasteiger partial charge in [-0.2, -0.15) is 5.10 Å². The molecule has 1 aliphatic carbocycles. The van der Waals surface area contributed by atoms with Gasteiger partial charge in [-0.3, -0.25) is 14.3 Å². The zero-order valence-electron chi connectivity index (χ0n) is 19.9. The lowest BCUT2D eigenvalue weighted by Crippen LogP contribution is -2.64. The number of nitrogens with one attached hydrogen (secondary N) is 1. The molecule has 2 heterocycles. The van der Waals surface area contributed by atoms with Gasteiger partial charge >= 0.3 is 0 Å². The fourth-order valence-corrected chi connectivity index (χ4v) is 4.95. The van der Waals surface area contributed by atoms with E-state index in [0.717, 1.165) is 31.4 Å². The highest BCUT2D eigenvalue weighted by Crippen LogP contribution is 2.31. The highest BCUT2D eigenvalue weighted by molar-refractivity contribution is 5.99. The number of halogens is 1. The summed E-state index contributed by atoms with van der Waals surface area (Å²) in [4.78, 5) is 29.0. The van der Waals surface area contributed by atoms with E-state index in [0.29, 0.717) is 11.3 Å². The molecule has 4 rings (SSSR count). The number of rotatable bonds is 5. The maximum atomic E-state index is 13.9. The molecule has 0 unspecified atom stereocenters. The van der Waals surface area contributed by atoms with Crippen LogP contribution in [0, 0.1) is 5.82 Å². The van der Waals surface area contributed by atoms with E-state index in [-0.39, 0.29) is 42.7 Å². The average Bonchev–Trinajstić information content (AvgIpc) is 3.17. The molecular weight excluding hydrogens is 419 g/mol. The Bertz CT molecular complexity index is 1010. The Balaban J connectivity index is 1.66. The molecule has 0 radical (unpaired) electrons. The Morgan fingerprint density at radius 1 is 1.18 bits per heavy atom. The van der Waals surface area contributed by atoms with Gasteiger partial charge in [0.05, 0.1) is 12.2 Å². The van der Waals surface area contributed by atoms with Crippen LogP contribution in [0.1, 0.15) is 93.4 Å². The molecule has 2 aliphatic rings. The quantitative estimate of drug-likeness (QED) is 0.706. The van der Waals surface area contributed by atoms with Gasteiger partial charge < -0.3 is 10.2 Å². The predicted octanol–water partition coefficient (Wildman–Crippen LogP) is 4.79. The van der Waals surface area contributed by atoms with Crippen LogP contribution >= 0.6 is 0 Å². The van der Waals surface area contributed by atoms with Crippen LogP contribution in [0.15, 0.2) is 30.3 Å². The molecule has 178 valence electrons. The summed E-state index contributed by atoms with van der Waals surface area (Å²) in [6.45, 7) is 6.30. The third kappa shape index (κ3) is 4.97. The zero-order valence-corrected chi connectivity index (χ0v) is 19.9. The van der Waals surface area contributed by atoms with Gasteiger partial charge in [0, 0.05) is 12.6 Å². The minimum Gasteiger partial charge on any atom is -0.351 e. The number of hydrogen-bond donors (Lipinski definition) is 1. The third-order valence-electron chi connectivity index (χ3n) is 7.07. The van der Waals surface area contributed by atoms with Crippen LogP contribution in [0.2, 0.25) is 0 Å². The summed E-state index contributed by atoms with van der Waals surface area (Å²) in [6, 6.07) is 8.16. The molecule has 2 aromatic rings. The molecule has 33 heavy (non-hydrogen) atoms. The van der Waals surface area contributed by atoms with Crippen molar-refractivity contribution in [1.82, 2.24) is 20.0 Å². The molecule has 0 spiro atoms. The standard InChI is InChI=1S/C26H35FN4O2/c1-18(2)22-15-23-24(32)30(16-19-10-9-11-20(27)14-19)26(3,17-31(23)29-22)25(33)28-21-12-7-5-4-6-8-13-21/h9-11,14-15,18,21H,4-8,12-13,16-17H2,1-3H3,(H,28,33)/t26-/m0/s1. The first kappa shape index (κ1) is 23.5. The summed E-state index contributed by atoms with van der Waals surface area (Å²) >= 11 is 0. The summed E-state index contributed by atoms with van der Waals surface area (Å²) in [7, 11) is 0. The van der Waals surface area contributed by atoms with Crippen molar-refractivity contribution in [2.24, 2.45) is 0 Å². The van der Waals surface area contributed by atoms with E-state index in [9.17, 15) is 14.0 Å². The molecule has 0 saturated heterocycles. The first-order chi connectivity index (χ1) is 15.8. The second-order valence-electron chi connectivity index (χ2n) is 10.1. The molecule has 2 amide bonds. The zero-order chi connectivity index (χ0) is 23.6. The number of nitrogens with zero attached hydrogens (tertiary/aromatic N) is 3. The van der Waals surface area contributed by atoms with Gasteiger partial charge in [0.1, 0.15) is 17.1 Å². The van der Waals surface area contributed by atoms with Gasteiger partial charge in [0.2, 0.25) is 5.91 Å². The van der Waals surface area contributed by atoms with Crippen LogP contribution in [0.3, 0.4) is 0 Å². The molecule has 7 heteroatoms. The molecule has 1 fully saturated rings.